The van der Waals surface area contributed by atoms with Crippen LogP contribution in [0.5, 0.6) is 0 Å². The Bertz CT molecular complexity index is 581. The summed E-state index contributed by atoms with van der Waals surface area (Å²) < 4.78 is 0. The Morgan fingerprint density at radius 2 is 1.20 bits per heavy atom. The smallest absolute Gasteiger partial charge is 0.163 e. The molecule has 20 heavy (non-hydrogen) atoms. The number of hydrogen-bond acceptors (Lipinski definition) is 1. The van der Waals surface area contributed by atoms with Crippen molar-refractivity contribution >= 4 is 12.2 Å². The molecule has 0 aromatic heterocycles. The van der Waals surface area contributed by atoms with Crippen molar-refractivity contribution in [2.24, 2.45) is 0 Å². The Labute approximate surface area is 119 Å². The minimum Gasteiger partial charge on any atom is -0.370 e. The summed E-state index contributed by atoms with van der Waals surface area (Å²) in [6.07, 6.45) is 12.3. The zero-order valence-electron chi connectivity index (χ0n) is 11.1. The van der Waals surface area contributed by atoms with Crippen molar-refractivity contribution in [2.75, 3.05) is 0 Å². The van der Waals surface area contributed by atoms with Gasteiger partial charge in [-0.1, -0.05) is 78.7 Å². The van der Waals surface area contributed by atoms with Crippen molar-refractivity contribution in [1.29, 1.82) is 0 Å². The summed E-state index contributed by atoms with van der Waals surface area (Å²) in [4.78, 5) is 0. The fourth-order valence-electron chi connectivity index (χ4n) is 1.73. The van der Waals surface area contributed by atoms with Gasteiger partial charge in [-0.3, -0.25) is 0 Å². The van der Waals surface area contributed by atoms with E-state index in [1.165, 1.54) is 0 Å². The molecule has 0 amide bonds. The summed E-state index contributed by atoms with van der Waals surface area (Å²) in [5.74, 6) is 2.40. The minimum atomic E-state index is -1.38. The molecule has 98 valence electrons. The number of rotatable bonds is 4. The summed E-state index contributed by atoms with van der Waals surface area (Å²) in [7, 11) is 0. The maximum Gasteiger partial charge on any atom is 0.163 e. The summed E-state index contributed by atoms with van der Waals surface area (Å²) in [5, 5.41) is 10.3. The Balaban J connectivity index is 2.16. The highest BCUT2D eigenvalue weighted by molar-refractivity contribution is 5.57. The van der Waals surface area contributed by atoms with Gasteiger partial charge in [-0.25, -0.2) is 0 Å². The lowest BCUT2D eigenvalue weighted by Gasteiger charge is -2.12. The van der Waals surface area contributed by atoms with Crippen molar-refractivity contribution in [3.8, 4) is 12.3 Å². The average Bonchev–Trinajstić information content (AvgIpc) is 2.53. The molecule has 0 spiro atoms. The second kappa shape index (κ2) is 6.56. The van der Waals surface area contributed by atoms with Crippen LogP contribution in [0.15, 0.2) is 72.8 Å². The molecule has 0 heterocycles. The van der Waals surface area contributed by atoms with Gasteiger partial charge in [0.1, 0.15) is 0 Å². The van der Waals surface area contributed by atoms with Crippen molar-refractivity contribution in [1.82, 2.24) is 0 Å². The normalized spacial score (nSPS) is 11.8. The molecule has 0 fully saturated rings. The van der Waals surface area contributed by atoms with E-state index < -0.39 is 5.60 Å². The maximum atomic E-state index is 10.3. The SMILES string of the molecule is C#CC(O)(/C=C/c1ccccc1)/C=C/c1ccccc1. The van der Waals surface area contributed by atoms with Gasteiger partial charge in [0.25, 0.3) is 0 Å². The molecule has 0 radical (unpaired) electrons. The Hall–Kier alpha value is -2.56. The highest BCUT2D eigenvalue weighted by Crippen LogP contribution is 2.13. The number of benzene rings is 2. The van der Waals surface area contributed by atoms with E-state index >= 15 is 0 Å². The Morgan fingerprint density at radius 1 is 0.800 bits per heavy atom. The van der Waals surface area contributed by atoms with Crippen LogP contribution in [0.3, 0.4) is 0 Å². The van der Waals surface area contributed by atoms with Crippen LogP contribution in [0, 0.1) is 12.3 Å². The number of aliphatic hydroxyl groups is 1. The summed E-state index contributed by atoms with van der Waals surface area (Å²) in [6, 6.07) is 19.5. The van der Waals surface area contributed by atoms with E-state index in [4.69, 9.17) is 6.42 Å². The quantitative estimate of drug-likeness (QED) is 0.829. The lowest BCUT2D eigenvalue weighted by molar-refractivity contribution is 0.206. The molecule has 2 aromatic carbocycles. The van der Waals surface area contributed by atoms with E-state index in [9.17, 15) is 5.11 Å². The molecule has 0 atom stereocenters. The predicted octanol–water partition coefficient (Wildman–Crippen LogP) is 3.78. The number of hydrogen-bond donors (Lipinski definition) is 1. The van der Waals surface area contributed by atoms with Gasteiger partial charge >= 0.3 is 0 Å². The fraction of sp³-hybridized carbons (Fsp3) is 0.0526. The van der Waals surface area contributed by atoms with Crippen molar-refractivity contribution in [2.45, 2.75) is 5.60 Å². The van der Waals surface area contributed by atoms with Crippen molar-refractivity contribution in [3.63, 3.8) is 0 Å². The lowest BCUT2D eigenvalue weighted by Crippen LogP contribution is -2.19. The second-order valence-corrected chi connectivity index (χ2v) is 4.46. The molecular formula is C19H16O. The zero-order valence-corrected chi connectivity index (χ0v) is 11.1. The molecule has 1 heteroatoms. The Morgan fingerprint density at radius 3 is 1.55 bits per heavy atom. The van der Waals surface area contributed by atoms with E-state index in [-0.39, 0.29) is 0 Å². The summed E-state index contributed by atoms with van der Waals surface area (Å²) in [5.41, 5.74) is 0.606. The molecule has 0 bridgehead atoms. The molecule has 1 nitrogen and oxygen atoms in total. The van der Waals surface area contributed by atoms with Crippen LogP contribution in [-0.4, -0.2) is 10.7 Å². The highest BCUT2D eigenvalue weighted by atomic mass is 16.3. The first-order valence-corrected chi connectivity index (χ1v) is 6.41. The third kappa shape index (κ3) is 3.98. The van der Waals surface area contributed by atoms with Gasteiger partial charge < -0.3 is 5.11 Å². The van der Waals surface area contributed by atoms with Crippen molar-refractivity contribution < 1.29 is 5.11 Å². The van der Waals surface area contributed by atoms with E-state index in [0.717, 1.165) is 11.1 Å². The van der Waals surface area contributed by atoms with E-state index in [1.807, 2.05) is 72.8 Å². The maximum absolute atomic E-state index is 10.3. The minimum absolute atomic E-state index is 0.995. The fourth-order valence-corrected chi connectivity index (χ4v) is 1.73. The van der Waals surface area contributed by atoms with Crippen LogP contribution in [0.2, 0.25) is 0 Å². The molecule has 0 saturated carbocycles. The van der Waals surface area contributed by atoms with Gasteiger partial charge in [0.2, 0.25) is 0 Å². The van der Waals surface area contributed by atoms with E-state index in [2.05, 4.69) is 5.92 Å². The van der Waals surface area contributed by atoms with Gasteiger partial charge in [-0.05, 0) is 23.3 Å². The molecule has 0 aliphatic carbocycles. The predicted molar refractivity (Wildman–Crippen MR) is 84.7 cm³/mol. The van der Waals surface area contributed by atoms with Crippen LogP contribution < -0.4 is 0 Å². The highest BCUT2D eigenvalue weighted by Gasteiger charge is 2.14. The topological polar surface area (TPSA) is 20.2 Å². The van der Waals surface area contributed by atoms with Crippen LogP contribution >= 0.6 is 0 Å². The van der Waals surface area contributed by atoms with E-state index in [1.54, 1.807) is 12.2 Å². The summed E-state index contributed by atoms with van der Waals surface area (Å²) in [6.45, 7) is 0. The molecule has 0 unspecified atom stereocenters. The van der Waals surface area contributed by atoms with Gasteiger partial charge in [-0.2, -0.15) is 0 Å². The molecule has 0 aliphatic rings. The van der Waals surface area contributed by atoms with E-state index in [0.29, 0.717) is 0 Å². The first-order valence-electron chi connectivity index (χ1n) is 6.41. The zero-order chi connectivity index (χ0) is 14.3. The molecule has 1 N–H and O–H groups in total. The van der Waals surface area contributed by atoms with Crippen LogP contribution in [0.25, 0.3) is 12.2 Å². The largest absolute Gasteiger partial charge is 0.370 e. The standard InChI is InChI=1S/C19H16O/c1-2-19(20,15-13-17-9-5-3-6-10-17)16-14-18-11-7-4-8-12-18/h1,3-16,20H/b15-13+,16-14+. The molecule has 0 saturated heterocycles. The van der Waals surface area contributed by atoms with Crippen LogP contribution in [0.1, 0.15) is 11.1 Å². The van der Waals surface area contributed by atoms with Gasteiger partial charge in [0.05, 0.1) is 0 Å². The lowest BCUT2D eigenvalue weighted by atomic mass is 10.0. The summed E-state index contributed by atoms with van der Waals surface area (Å²) >= 11 is 0. The molecular weight excluding hydrogens is 244 g/mol. The van der Waals surface area contributed by atoms with Gasteiger partial charge in [-0.15, -0.1) is 6.42 Å². The Kier molecular flexibility index (Phi) is 4.55. The first-order chi connectivity index (χ1) is 9.72. The van der Waals surface area contributed by atoms with Crippen LogP contribution in [0.4, 0.5) is 0 Å². The van der Waals surface area contributed by atoms with Crippen molar-refractivity contribution in [3.05, 3.63) is 83.9 Å². The van der Waals surface area contributed by atoms with Gasteiger partial charge in [0, 0.05) is 0 Å². The first kappa shape index (κ1) is 13.9. The molecule has 2 aromatic rings. The monoisotopic (exact) mass is 260 g/mol. The third-order valence-electron chi connectivity index (χ3n) is 2.89. The average molecular weight is 260 g/mol. The third-order valence-corrected chi connectivity index (χ3v) is 2.89. The molecule has 2 rings (SSSR count). The van der Waals surface area contributed by atoms with Crippen LogP contribution in [-0.2, 0) is 0 Å². The molecule has 0 aliphatic heterocycles. The number of terminal acetylenes is 1. The van der Waals surface area contributed by atoms with Gasteiger partial charge in [0.15, 0.2) is 5.60 Å². The second-order valence-electron chi connectivity index (χ2n) is 4.46.